The van der Waals surface area contributed by atoms with Gasteiger partial charge in [0.2, 0.25) is 0 Å². The third-order valence-corrected chi connectivity index (χ3v) is 6.64. The number of halogens is 1. The van der Waals surface area contributed by atoms with Crippen LogP contribution in [-0.2, 0) is 22.6 Å². The highest BCUT2D eigenvalue weighted by Crippen LogP contribution is 2.33. The maximum absolute atomic E-state index is 13.2. The van der Waals surface area contributed by atoms with E-state index in [-0.39, 0.29) is 11.5 Å². The Morgan fingerprint density at radius 2 is 1.84 bits per heavy atom. The van der Waals surface area contributed by atoms with Gasteiger partial charge in [-0.25, -0.2) is 0 Å². The van der Waals surface area contributed by atoms with Crippen molar-refractivity contribution in [1.29, 1.82) is 0 Å². The van der Waals surface area contributed by atoms with Crippen LogP contribution >= 0.6 is 11.6 Å². The number of ether oxygens (including phenoxy) is 1. The molecule has 5 nitrogen and oxygen atoms in total. The molecule has 0 aromatic heterocycles. The maximum atomic E-state index is 13.2. The summed E-state index contributed by atoms with van der Waals surface area (Å²) in [5.41, 5.74) is 2.12. The minimum atomic E-state index is -0.410. The predicted octanol–water partition coefficient (Wildman–Crippen LogP) is 3.66. The molecule has 1 spiro atoms. The van der Waals surface area contributed by atoms with E-state index >= 15 is 0 Å². The Morgan fingerprint density at radius 3 is 2.55 bits per heavy atom. The third-order valence-electron chi connectivity index (χ3n) is 6.40. The van der Waals surface area contributed by atoms with E-state index in [0.29, 0.717) is 13.1 Å². The van der Waals surface area contributed by atoms with Crippen molar-refractivity contribution < 1.29 is 9.53 Å². The lowest BCUT2D eigenvalue weighted by atomic mass is 9.88. The summed E-state index contributed by atoms with van der Waals surface area (Å²) in [6, 6.07) is 18.2. The number of benzene rings is 2. The number of hydrogen-bond donors (Lipinski definition) is 0. The van der Waals surface area contributed by atoms with Gasteiger partial charge in [-0.15, -0.1) is 0 Å². The monoisotopic (exact) mass is 441 g/mol. The number of amides is 1. The van der Waals surface area contributed by atoms with Crippen molar-refractivity contribution >= 4 is 17.5 Å². The normalized spacial score (nSPS) is 21.8. The lowest BCUT2D eigenvalue weighted by Gasteiger charge is -2.49. The molecule has 2 aromatic carbocycles. The van der Waals surface area contributed by atoms with E-state index in [9.17, 15) is 4.79 Å². The van der Waals surface area contributed by atoms with Crippen LogP contribution < -0.4 is 0 Å². The van der Waals surface area contributed by atoms with E-state index < -0.39 is 6.10 Å². The van der Waals surface area contributed by atoms with Gasteiger partial charge in [0.05, 0.1) is 5.60 Å². The molecule has 2 saturated heterocycles. The average molecular weight is 442 g/mol. The number of carbonyl (C=O) groups excluding carboxylic acids is 1. The maximum Gasteiger partial charge on any atom is 0.253 e. The molecule has 1 unspecified atom stereocenters. The van der Waals surface area contributed by atoms with Gasteiger partial charge in [0, 0.05) is 51.3 Å². The van der Waals surface area contributed by atoms with Gasteiger partial charge in [-0.3, -0.25) is 9.69 Å². The second-order valence-electron chi connectivity index (χ2n) is 9.07. The molecule has 0 radical (unpaired) electrons. The van der Waals surface area contributed by atoms with Gasteiger partial charge in [-0.05, 0) is 43.1 Å². The highest BCUT2D eigenvalue weighted by Gasteiger charge is 2.44. The van der Waals surface area contributed by atoms with Crippen LogP contribution in [0.15, 0.2) is 54.6 Å². The summed E-state index contributed by atoms with van der Waals surface area (Å²) in [4.78, 5) is 19.7. The largest absolute Gasteiger partial charge is 0.359 e. The molecule has 6 heteroatoms. The van der Waals surface area contributed by atoms with Crippen molar-refractivity contribution in [3.05, 3.63) is 70.7 Å². The molecule has 2 heterocycles. The Labute approximate surface area is 190 Å². The van der Waals surface area contributed by atoms with Gasteiger partial charge in [0.15, 0.2) is 0 Å². The molecule has 1 atom stereocenters. The van der Waals surface area contributed by atoms with Crippen LogP contribution in [0.1, 0.15) is 24.0 Å². The van der Waals surface area contributed by atoms with Gasteiger partial charge >= 0.3 is 0 Å². The summed E-state index contributed by atoms with van der Waals surface area (Å²) in [5, 5.41) is 0.782. The molecule has 166 valence electrons. The lowest BCUT2D eigenvalue weighted by Crippen LogP contribution is -2.61. The molecule has 2 aliphatic rings. The second kappa shape index (κ2) is 9.70. The summed E-state index contributed by atoms with van der Waals surface area (Å²) >= 11 is 6.14. The van der Waals surface area contributed by atoms with E-state index in [1.54, 1.807) is 4.90 Å². The average Bonchev–Trinajstić information content (AvgIpc) is 2.75. The number of rotatable bonds is 5. The summed E-state index contributed by atoms with van der Waals surface area (Å²) in [6.07, 6.45) is 1.46. The minimum absolute atomic E-state index is 0.0659. The molecule has 2 aromatic rings. The van der Waals surface area contributed by atoms with E-state index in [1.807, 2.05) is 43.4 Å². The first-order valence-electron chi connectivity index (χ1n) is 11.0. The lowest BCUT2D eigenvalue weighted by molar-refractivity contribution is -0.188. The van der Waals surface area contributed by atoms with Crippen molar-refractivity contribution in [3.8, 4) is 0 Å². The number of likely N-dealkylation sites (tertiary alicyclic amines) is 1. The summed E-state index contributed by atoms with van der Waals surface area (Å²) < 4.78 is 6.54. The fraction of sp³-hybridized carbons (Fsp3) is 0.480. The smallest absolute Gasteiger partial charge is 0.253 e. The molecule has 1 amide bonds. The third kappa shape index (κ3) is 5.66. The van der Waals surface area contributed by atoms with Crippen LogP contribution in [0.3, 0.4) is 0 Å². The van der Waals surface area contributed by atoms with Crippen LogP contribution in [-0.4, -0.2) is 72.6 Å². The van der Waals surface area contributed by atoms with Crippen molar-refractivity contribution in [3.63, 3.8) is 0 Å². The molecule has 0 N–H and O–H groups in total. The second-order valence-corrected chi connectivity index (χ2v) is 9.51. The van der Waals surface area contributed by atoms with Crippen molar-refractivity contribution in [2.75, 3.05) is 40.3 Å². The van der Waals surface area contributed by atoms with Crippen LogP contribution in [0.25, 0.3) is 0 Å². The first-order valence-corrected chi connectivity index (χ1v) is 11.4. The van der Waals surface area contributed by atoms with Crippen molar-refractivity contribution in [1.82, 2.24) is 14.7 Å². The van der Waals surface area contributed by atoms with Gasteiger partial charge < -0.3 is 14.5 Å². The molecule has 0 aliphatic carbocycles. The number of likely N-dealkylation sites (N-methyl/N-ethyl adjacent to an activating group) is 2. The fourth-order valence-corrected chi connectivity index (χ4v) is 5.03. The molecular weight excluding hydrogens is 410 g/mol. The van der Waals surface area contributed by atoms with Crippen LogP contribution in [0, 0.1) is 0 Å². The van der Waals surface area contributed by atoms with Crippen LogP contribution in [0.2, 0.25) is 5.02 Å². The molecule has 2 fully saturated rings. The Kier molecular flexibility index (Phi) is 6.97. The van der Waals surface area contributed by atoms with E-state index in [0.717, 1.165) is 49.6 Å². The van der Waals surface area contributed by atoms with Gasteiger partial charge in [-0.2, -0.15) is 0 Å². The molecule has 2 aliphatic heterocycles. The first kappa shape index (κ1) is 22.3. The summed E-state index contributed by atoms with van der Waals surface area (Å²) in [7, 11) is 3.97. The topological polar surface area (TPSA) is 36.0 Å². The zero-order chi connectivity index (χ0) is 21.8. The fourth-order valence-electron chi connectivity index (χ4n) is 4.81. The molecular formula is C25H32ClN3O2. The molecule has 0 saturated carbocycles. The van der Waals surface area contributed by atoms with Crippen molar-refractivity contribution in [2.24, 2.45) is 0 Å². The number of nitrogens with zero attached hydrogens (tertiary/aromatic N) is 3. The zero-order valence-electron chi connectivity index (χ0n) is 18.5. The SMILES string of the molecule is CN1CC(C(=O)N(C)Cc2ccccc2)OC2(CCN(Cc3cccc(Cl)c3)CC2)C1. The Morgan fingerprint density at radius 1 is 1.13 bits per heavy atom. The molecule has 31 heavy (non-hydrogen) atoms. The Bertz CT molecular complexity index is 883. The number of carbonyl (C=O) groups is 1. The minimum Gasteiger partial charge on any atom is -0.359 e. The molecule has 4 rings (SSSR count). The highest BCUT2D eigenvalue weighted by atomic mass is 35.5. The van der Waals surface area contributed by atoms with Crippen LogP contribution in [0.4, 0.5) is 0 Å². The summed E-state index contributed by atoms with van der Waals surface area (Å²) in [6.45, 7) is 4.94. The summed E-state index contributed by atoms with van der Waals surface area (Å²) in [5.74, 6) is 0.0659. The standard InChI is InChI=1S/C25H32ClN3O2/c1-27-18-23(24(30)28(2)16-20-7-4-3-5-8-20)31-25(19-27)11-13-29(14-12-25)17-21-9-6-10-22(26)15-21/h3-10,15,23H,11-14,16-19H2,1-2H3. The van der Waals surface area contributed by atoms with Gasteiger partial charge in [-0.1, -0.05) is 54.1 Å². The zero-order valence-corrected chi connectivity index (χ0v) is 19.2. The van der Waals surface area contributed by atoms with Crippen molar-refractivity contribution in [2.45, 2.75) is 37.6 Å². The number of morpholine rings is 1. The van der Waals surface area contributed by atoms with Gasteiger partial charge in [0.25, 0.3) is 5.91 Å². The first-order chi connectivity index (χ1) is 14.9. The van der Waals surface area contributed by atoms with E-state index in [2.05, 4.69) is 35.0 Å². The molecule has 0 bridgehead atoms. The van der Waals surface area contributed by atoms with E-state index in [4.69, 9.17) is 16.3 Å². The quantitative estimate of drug-likeness (QED) is 0.709. The van der Waals surface area contributed by atoms with Gasteiger partial charge in [0.1, 0.15) is 6.10 Å². The van der Waals surface area contributed by atoms with Crippen LogP contribution in [0.5, 0.6) is 0 Å². The number of hydrogen-bond acceptors (Lipinski definition) is 4. The number of piperidine rings is 1. The Balaban J connectivity index is 1.35. The highest BCUT2D eigenvalue weighted by molar-refractivity contribution is 6.30. The predicted molar refractivity (Wildman–Crippen MR) is 124 cm³/mol. The Hall–Kier alpha value is -1.92. The van der Waals surface area contributed by atoms with E-state index in [1.165, 1.54) is 5.56 Å².